The molecule has 90 valence electrons. The van der Waals surface area contributed by atoms with E-state index in [1.807, 2.05) is 26.0 Å². The Labute approximate surface area is 98.0 Å². The maximum absolute atomic E-state index is 5.69. The van der Waals surface area contributed by atoms with Gasteiger partial charge in [-0.15, -0.1) is 0 Å². The van der Waals surface area contributed by atoms with E-state index in [9.17, 15) is 0 Å². The van der Waals surface area contributed by atoms with Crippen LogP contribution in [0.1, 0.15) is 25.3 Å². The van der Waals surface area contributed by atoms with Gasteiger partial charge in [-0.2, -0.15) is 0 Å². The molecular weight excluding hydrogens is 200 g/mol. The molecule has 0 aromatic heterocycles. The zero-order chi connectivity index (χ0) is 12.0. The fraction of sp³-hybridized carbons (Fsp3) is 0.538. The minimum absolute atomic E-state index is 0.291. The van der Waals surface area contributed by atoms with E-state index in [2.05, 4.69) is 11.4 Å². The van der Waals surface area contributed by atoms with E-state index in [1.165, 1.54) is 0 Å². The van der Waals surface area contributed by atoms with Gasteiger partial charge in [-0.05, 0) is 50.5 Å². The number of methoxy groups -OCH3 is 1. The molecule has 3 heteroatoms. The van der Waals surface area contributed by atoms with Gasteiger partial charge in [-0.25, -0.2) is 0 Å². The summed E-state index contributed by atoms with van der Waals surface area (Å²) in [6.45, 7) is 5.05. The molecule has 0 fully saturated rings. The van der Waals surface area contributed by atoms with E-state index in [0.717, 1.165) is 36.4 Å². The van der Waals surface area contributed by atoms with Crippen molar-refractivity contribution in [1.29, 1.82) is 0 Å². The molecule has 0 bridgehead atoms. The van der Waals surface area contributed by atoms with E-state index in [4.69, 9.17) is 10.5 Å². The van der Waals surface area contributed by atoms with E-state index < -0.39 is 0 Å². The number of nitrogens with two attached hydrogens (primary N) is 1. The van der Waals surface area contributed by atoms with Crippen molar-refractivity contribution in [3.05, 3.63) is 23.8 Å². The molecular formula is C13H22N2O. The average molecular weight is 222 g/mol. The highest BCUT2D eigenvalue weighted by Gasteiger charge is 1.99. The highest BCUT2D eigenvalue weighted by atomic mass is 16.5. The summed E-state index contributed by atoms with van der Waals surface area (Å²) in [5.41, 5.74) is 7.98. The number of hydrogen-bond donors (Lipinski definition) is 2. The molecule has 1 aromatic rings. The van der Waals surface area contributed by atoms with Crippen LogP contribution in [0, 0.1) is 6.92 Å². The largest absolute Gasteiger partial charge is 0.496 e. The number of hydrogen-bond acceptors (Lipinski definition) is 3. The quantitative estimate of drug-likeness (QED) is 0.727. The first kappa shape index (κ1) is 12.8. The lowest BCUT2D eigenvalue weighted by Crippen LogP contribution is -2.16. The fourth-order valence-electron chi connectivity index (χ4n) is 1.65. The van der Waals surface area contributed by atoms with Crippen LogP contribution in [0.4, 0.5) is 5.69 Å². The molecule has 3 nitrogen and oxygen atoms in total. The van der Waals surface area contributed by atoms with E-state index in [1.54, 1.807) is 7.11 Å². The zero-order valence-electron chi connectivity index (χ0n) is 10.4. The summed E-state index contributed by atoms with van der Waals surface area (Å²) in [6.07, 6.45) is 2.16. The van der Waals surface area contributed by atoms with Crippen LogP contribution < -0.4 is 15.8 Å². The Morgan fingerprint density at radius 2 is 2.19 bits per heavy atom. The Kier molecular flexibility index (Phi) is 5.12. The Hall–Kier alpha value is -1.22. The highest BCUT2D eigenvalue weighted by molar-refractivity contribution is 5.50. The standard InChI is InChI=1S/C13H22N2O/c1-10-9-12(6-7-13(10)16-3)15-8-4-5-11(2)14/h6-7,9,11,15H,4-5,8,14H2,1-3H3. The van der Waals surface area contributed by atoms with E-state index >= 15 is 0 Å². The van der Waals surface area contributed by atoms with Gasteiger partial charge in [0.05, 0.1) is 7.11 Å². The minimum Gasteiger partial charge on any atom is -0.496 e. The lowest BCUT2D eigenvalue weighted by molar-refractivity contribution is 0.412. The molecule has 0 spiro atoms. The van der Waals surface area contributed by atoms with Crippen molar-refractivity contribution in [3.8, 4) is 5.75 Å². The Bertz CT molecular complexity index is 324. The minimum atomic E-state index is 0.291. The van der Waals surface area contributed by atoms with Crippen molar-refractivity contribution in [2.24, 2.45) is 5.73 Å². The molecule has 0 amide bonds. The monoisotopic (exact) mass is 222 g/mol. The van der Waals surface area contributed by atoms with Crippen LogP contribution in [0.2, 0.25) is 0 Å². The fourth-order valence-corrected chi connectivity index (χ4v) is 1.65. The van der Waals surface area contributed by atoms with Gasteiger partial charge in [0.15, 0.2) is 0 Å². The Morgan fingerprint density at radius 1 is 1.44 bits per heavy atom. The third kappa shape index (κ3) is 4.11. The number of nitrogens with one attached hydrogen (secondary N) is 1. The number of benzene rings is 1. The van der Waals surface area contributed by atoms with Crippen LogP contribution in [-0.2, 0) is 0 Å². The highest BCUT2D eigenvalue weighted by Crippen LogP contribution is 2.21. The second-order valence-electron chi connectivity index (χ2n) is 4.23. The third-order valence-corrected chi connectivity index (χ3v) is 2.56. The second kappa shape index (κ2) is 6.38. The maximum Gasteiger partial charge on any atom is 0.121 e. The summed E-state index contributed by atoms with van der Waals surface area (Å²) in [6, 6.07) is 6.42. The van der Waals surface area contributed by atoms with Gasteiger partial charge in [0.1, 0.15) is 5.75 Å². The normalized spacial score (nSPS) is 12.2. The first-order valence-electron chi connectivity index (χ1n) is 5.77. The van der Waals surface area contributed by atoms with Crippen LogP contribution in [0.15, 0.2) is 18.2 Å². The van der Waals surface area contributed by atoms with Crippen LogP contribution in [0.5, 0.6) is 5.75 Å². The molecule has 0 aliphatic rings. The summed E-state index contributed by atoms with van der Waals surface area (Å²) in [4.78, 5) is 0. The molecule has 1 rings (SSSR count). The van der Waals surface area contributed by atoms with E-state index in [0.29, 0.717) is 6.04 Å². The number of ether oxygens (including phenoxy) is 1. The topological polar surface area (TPSA) is 47.3 Å². The maximum atomic E-state index is 5.69. The summed E-state index contributed by atoms with van der Waals surface area (Å²) >= 11 is 0. The molecule has 0 heterocycles. The average Bonchev–Trinajstić information content (AvgIpc) is 2.24. The number of aryl methyl sites for hydroxylation is 1. The SMILES string of the molecule is COc1ccc(NCCCC(C)N)cc1C. The van der Waals surface area contributed by atoms with Crippen molar-refractivity contribution in [2.45, 2.75) is 32.7 Å². The zero-order valence-corrected chi connectivity index (χ0v) is 10.4. The van der Waals surface area contributed by atoms with Crippen molar-refractivity contribution in [1.82, 2.24) is 0 Å². The molecule has 0 aliphatic heterocycles. The Morgan fingerprint density at radius 3 is 2.75 bits per heavy atom. The van der Waals surface area contributed by atoms with Crippen molar-refractivity contribution < 1.29 is 4.74 Å². The molecule has 1 aromatic carbocycles. The summed E-state index contributed by atoms with van der Waals surface area (Å²) in [5, 5.41) is 3.38. The van der Waals surface area contributed by atoms with Crippen LogP contribution in [-0.4, -0.2) is 19.7 Å². The summed E-state index contributed by atoms with van der Waals surface area (Å²) in [7, 11) is 1.69. The number of anilines is 1. The summed E-state index contributed by atoms with van der Waals surface area (Å²) < 4.78 is 5.21. The molecule has 16 heavy (non-hydrogen) atoms. The summed E-state index contributed by atoms with van der Waals surface area (Å²) in [5.74, 6) is 0.932. The molecule has 0 saturated carbocycles. The van der Waals surface area contributed by atoms with Gasteiger partial charge >= 0.3 is 0 Å². The van der Waals surface area contributed by atoms with Crippen LogP contribution in [0.25, 0.3) is 0 Å². The second-order valence-corrected chi connectivity index (χ2v) is 4.23. The Balaban J connectivity index is 2.40. The van der Waals surface area contributed by atoms with E-state index in [-0.39, 0.29) is 0 Å². The van der Waals surface area contributed by atoms with Gasteiger partial charge in [0.25, 0.3) is 0 Å². The lowest BCUT2D eigenvalue weighted by Gasteiger charge is -2.10. The molecule has 1 atom stereocenters. The predicted octanol–water partition coefficient (Wildman–Crippen LogP) is 2.54. The first-order chi connectivity index (χ1) is 7.63. The van der Waals surface area contributed by atoms with Crippen molar-refractivity contribution in [3.63, 3.8) is 0 Å². The van der Waals surface area contributed by atoms with Gasteiger partial charge in [0.2, 0.25) is 0 Å². The number of rotatable bonds is 6. The lowest BCUT2D eigenvalue weighted by atomic mass is 10.2. The molecule has 0 radical (unpaired) electrons. The van der Waals surface area contributed by atoms with Gasteiger partial charge in [-0.1, -0.05) is 0 Å². The molecule has 3 N–H and O–H groups in total. The van der Waals surface area contributed by atoms with Crippen molar-refractivity contribution >= 4 is 5.69 Å². The first-order valence-corrected chi connectivity index (χ1v) is 5.77. The van der Waals surface area contributed by atoms with Crippen molar-refractivity contribution in [2.75, 3.05) is 19.0 Å². The van der Waals surface area contributed by atoms with Gasteiger partial charge in [0, 0.05) is 18.3 Å². The predicted molar refractivity (Wildman–Crippen MR) is 69.1 cm³/mol. The molecule has 1 unspecified atom stereocenters. The third-order valence-electron chi connectivity index (χ3n) is 2.56. The van der Waals surface area contributed by atoms with Crippen LogP contribution >= 0.6 is 0 Å². The van der Waals surface area contributed by atoms with Crippen LogP contribution in [0.3, 0.4) is 0 Å². The van der Waals surface area contributed by atoms with Gasteiger partial charge in [-0.3, -0.25) is 0 Å². The molecule has 0 saturated heterocycles. The smallest absolute Gasteiger partial charge is 0.121 e. The van der Waals surface area contributed by atoms with Gasteiger partial charge < -0.3 is 15.8 Å². The molecule has 0 aliphatic carbocycles.